The summed E-state index contributed by atoms with van der Waals surface area (Å²) in [6.45, 7) is 4.31. The molecule has 29 heavy (non-hydrogen) atoms. The van der Waals surface area contributed by atoms with Gasteiger partial charge in [-0.1, -0.05) is 46.8 Å². The number of hydrogen-bond donors (Lipinski definition) is 2. The molecule has 0 spiro atoms. The molecule has 0 saturated heterocycles. The maximum atomic E-state index is 12.3. The second-order valence-electron chi connectivity index (χ2n) is 5.81. The summed E-state index contributed by atoms with van der Waals surface area (Å²) in [5.74, 6) is 0.193. The molecule has 0 aliphatic heterocycles. The number of carbonyl (C=O) groups excluding carboxylic acids is 2. The van der Waals surface area contributed by atoms with Crippen molar-refractivity contribution in [3.8, 4) is 0 Å². The van der Waals surface area contributed by atoms with Crippen molar-refractivity contribution in [1.82, 2.24) is 25.0 Å². The fraction of sp³-hybridized carbons (Fsp3) is 0.294. The van der Waals surface area contributed by atoms with Crippen LogP contribution >= 0.6 is 34.7 Å². The molecule has 1 aromatic carbocycles. The number of thioether (sulfide) groups is 1. The summed E-state index contributed by atoms with van der Waals surface area (Å²) in [4.78, 5) is 24.4. The van der Waals surface area contributed by atoms with Gasteiger partial charge in [0.25, 0.3) is 0 Å². The highest BCUT2D eigenvalue weighted by molar-refractivity contribution is 7.99. The van der Waals surface area contributed by atoms with E-state index in [-0.39, 0.29) is 24.0 Å². The van der Waals surface area contributed by atoms with Crippen molar-refractivity contribution in [2.45, 2.75) is 32.0 Å². The smallest absolute Gasteiger partial charge is 0.236 e. The van der Waals surface area contributed by atoms with Crippen LogP contribution in [0.5, 0.6) is 0 Å². The molecule has 0 saturated carbocycles. The van der Waals surface area contributed by atoms with Crippen molar-refractivity contribution in [3.05, 3.63) is 40.1 Å². The van der Waals surface area contributed by atoms with Crippen molar-refractivity contribution in [1.29, 1.82) is 0 Å². The molecule has 2 N–H and O–H groups in total. The Kier molecular flexibility index (Phi) is 7.18. The van der Waals surface area contributed by atoms with Gasteiger partial charge in [-0.25, -0.2) is 0 Å². The third kappa shape index (κ3) is 5.75. The number of hydrogen-bond acceptors (Lipinski definition) is 8. The van der Waals surface area contributed by atoms with Gasteiger partial charge in [0.15, 0.2) is 5.16 Å². The SMILES string of the molecule is CCn1c(CC(=O)Nc2ccccc2Cl)nnc1SCC(=O)Nc1nnc(C)s1. The van der Waals surface area contributed by atoms with Gasteiger partial charge in [0.2, 0.25) is 16.9 Å². The summed E-state index contributed by atoms with van der Waals surface area (Å²) in [5, 5.41) is 23.7. The Morgan fingerprint density at radius 3 is 2.62 bits per heavy atom. The first-order valence-corrected chi connectivity index (χ1v) is 10.8. The Hall–Kier alpha value is -2.50. The van der Waals surface area contributed by atoms with Crippen molar-refractivity contribution in [2.75, 3.05) is 16.4 Å². The number of halogens is 1. The van der Waals surface area contributed by atoms with Crippen molar-refractivity contribution >= 4 is 57.3 Å². The number of amides is 2. The van der Waals surface area contributed by atoms with Crippen LogP contribution in [0.1, 0.15) is 17.8 Å². The number of para-hydroxylation sites is 1. The normalized spacial score (nSPS) is 10.7. The third-order valence-corrected chi connectivity index (χ3v) is 5.73. The fourth-order valence-electron chi connectivity index (χ4n) is 2.41. The molecule has 2 amide bonds. The summed E-state index contributed by atoms with van der Waals surface area (Å²) in [6.07, 6.45) is 0.0445. The zero-order valence-corrected chi connectivity index (χ0v) is 18.1. The predicted molar refractivity (Wildman–Crippen MR) is 113 cm³/mol. The van der Waals surface area contributed by atoms with E-state index in [4.69, 9.17) is 11.6 Å². The summed E-state index contributed by atoms with van der Waals surface area (Å²) in [5.41, 5.74) is 0.542. The minimum absolute atomic E-state index is 0.0445. The Labute approximate surface area is 180 Å². The van der Waals surface area contributed by atoms with Gasteiger partial charge in [-0.15, -0.1) is 20.4 Å². The van der Waals surface area contributed by atoms with Gasteiger partial charge in [-0.05, 0) is 26.0 Å². The second-order valence-corrected chi connectivity index (χ2v) is 8.34. The van der Waals surface area contributed by atoms with Gasteiger partial charge in [0.05, 0.1) is 22.9 Å². The van der Waals surface area contributed by atoms with E-state index in [2.05, 4.69) is 31.0 Å². The van der Waals surface area contributed by atoms with Crippen molar-refractivity contribution in [3.63, 3.8) is 0 Å². The van der Waals surface area contributed by atoms with E-state index in [0.717, 1.165) is 5.01 Å². The number of carbonyl (C=O) groups is 2. The summed E-state index contributed by atoms with van der Waals surface area (Å²) in [6, 6.07) is 7.01. The molecule has 3 aromatic rings. The van der Waals surface area contributed by atoms with E-state index in [1.54, 1.807) is 28.8 Å². The molecule has 12 heteroatoms. The van der Waals surface area contributed by atoms with Crippen LogP contribution in [0.25, 0.3) is 0 Å². The molecule has 2 heterocycles. The topological polar surface area (TPSA) is 115 Å². The maximum absolute atomic E-state index is 12.3. The Bertz CT molecular complexity index is 1020. The first-order valence-electron chi connectivity index (χ1n) is 8.65. The monoisotopic (exact) mass is 451 g/mol. The lowest BCUT2D eigenvalue weighted by Gasteiger charge is -2.09. The lowest BCUT2D eigenvalue weighted by Crippen LogP contribution is -2.18. The first-order chi connectivity index (χ1) is 14.0. The molecule has 152 valence electrons. The second kappa shape index (κ2) is 9.81. The van der Waals surface area contributed by atoms with E-state index < -0.39 is 0 Å². The van der Waals surface area contributed by atoms with E-state index in [0.29, 0.717) is 33.4 Å². The standard InChI is InChI=1S/C17H18ClN7O2S2/c1-3-25-13(8-14(26)19-12-7-5-4-6-11(12)18)22-24-17(25)28-9-15(27)20-16-23-21-10(2)29-16/h4-7H,3,8-9H2,1-2H3,(H,19,26)(H,20,23,27). The zero-order chi connectivity index (χ0) is 20.8. The van der Waals surface area contributed by atoms with Crippen LogP contribution in [-0.4, -0.2) is 42.5 Å². The van der Waals surface area contributed by atoms with Gasteiger partial charge < -0.3 is 9.88 Å². The molecule has 9 nitrogen and oxygen atoms in total. The van der Waals surface area contributed by atoms with Crippen LogP contribution in [0.4, 0.5) is 10.8 Å². The van der Waals surface area contributed by atoms with Crippen LogP contribution in [0.15, 0.2) is 29.4 Å². The number of nitrogens with one attached hydrogen (secondary N) is 2. The van der Waals surface area contributed by atoms with Crippen LogP contribution in [0, 0.1) is 6.92 Å². The van der Waals surface area contributed by atoms with Crippen LogP contribution < -0.4 is 10.6 Å². The molecular weight excluding hydrogens is 434 g/mol. The Morgan fingerprint density at radius 2 is 1.93 bits per heavy atom. The average molecular weight is 452 g/mol. The summed E-state index contributed by atoms with van der Waals surface area (Å²) < 4.78 is 1.80. The highest BCUT2D eigenvalue weighted by atomic mass is 35.5. The summed E-state index contributed by atoms with van der Waals surface area (Å²) >= 11 is 8.62. The molecule has 3 rings (SSSR count). The number of benzene rings is 1. The molecule has 0 aliphatic rings. The molecule has 0 fully saturated rings. The minimum atomic E-state index is -0.249. The Morgan fingerprint density at radius 1 is 1.14 bits per heavy atom. The average Bonchev–Trinajstić information content (AvgIpc) is 3.27. The lowest BCUT2D eigenvalue weighted by atomic mass is 10.3. The lowest BCUT2D eigenvalue weighted by molar-refractivity contribution is -0.116. The largest absolute Gasteiger partial charge is 0.324 e. The first kappa shape index (κ1) is 21.2. The van der Waals surface area contributed by atoms with E-state index in [1.807, 2.05) is 13.8 Å². The maximum Gasteiger partial charge on any atom is 0.236 e. The highest BCUT2D eigenvalue weighted by Gasteiger charge is 2.17. The summed E-state index contributed by atoms with van der Waals surface area (Å²) in [7, 11) is 0. The molecule has 0 atom stereocenters. The van der Waals surface area contributed by atoms with Gasteiger partial charge in [0, 0.05) is 6.54 Å². The van der Waals surface area contributed by atoms with E-state index >= 15 is 0 Å². The molecule has 0 bridgehead atoms. The van der Waals surface area contributed by atoms with E-state index in [1.165, 1.54) is 23.1 Å². The third-order valence-electron chi connectivity index (χ3n) is 3.68. The predicted octanol–water partition coefficient (Wildman–Crippen LogP) is 3.02. The van der Waals surface area contributed by atoms with Crippen LogP contribution in [0.2, 0.25) is 5.02 Å². The number of rotatable bonds is 8. The number of aromatic nitrogens is 5. The molecular formula is C17H18ClN7O2S2. The van der Waals surface area contributed by atoms with Gasteiger partial charge in [0.1, 0.15) is 10.8 Å². The minimum Gasteiger partial charge on any atom is -0.324 e. The highest BCUT2D eigenvalue weighted by Crippen LogP contribution is 2.22. The molecule has 0 unspecified atom stereocenters. The van der Waals surface area contributed by atoms with Crippen molar-refractivity contribution < 1.29 is 9.59 Å². The van der Waals surface area contributed by atoms with E-state index in [9.17, 15) is 9.59 Å². The molecule has 2 aromatic heterocycles. The molecule has 0 aliphatic carbocycles. The van der Waals surface area contributed by atoms with Gasteiger partial charge >= 0.3 is 0 Å². The number of nitrogens with zero attached hydrogens (tertiary/aromatic N) is 5. The quantitative estimate of drug-likeness (QED) is 0.506. The molecule has 0 radical (unpaired) electrons. The van der Waals surface area contributed by atoms with Crippen molar-refractivity contribution in [2.24, 2.45) is 0 Å². The Balaban J connectivity index is 1.58. The fourth-order valence-corrected chi connectivity index (χ4v) is 4.02. The van der Waals surface area contributed by atoms with Crippen LogP contribution in [-0.2, 0) is 22.6 Å². The number of anilines is 2. The van der Waals surface area contributed by atoms with Crippen LogP contribution in [0.3, 0.4) is 0 Å². The van der Waals surface area contributed by atoms with Gasteiger partial charge in [-0.2, -0.15) is 0 Å². The number of aryl methyl sites for hydroxylation is 1. The van der Waals surface area contributed by atoms with Gasteiger partial charge in [-0.3, -0.25) is 14.9 Å². The zero-order valence-electron chi connectivity index (χ0n) is 15.7.